The van der Waals surface area contributed by atoms with Crippen LogP contribution in [-0.2, 0) is 4.79 Å². The van der Waals surface area contributed by atoms with Gasteiger partial charge in [-0.05, 0) is 63.4 Å². The van der Waals surface area contributed by atoms with Crippen LogP contribution in [0.5, 0.6) is 5.88 Å². The molecule has 178 valence electrons. The summed E-state index contributed by atoms with van der Waals surface area (Å²) in [6.07, 6.45) is 5.39. The van der Waals surface area contributed by atoms with Gasteiger partial charge in [0.15, 0.2) is 0 Å². The maximum atomic E-state index is 13.4. The van der Waals surface area contributed by atoms with Crippen molar-refractivity contribution in [2.24, 2.45) is 11.8 Å². The number of carbonyl (C=O) groups excluding carboxylic acids is 1. The zero-order chi connectivity index (χ0) is 23.5. The maximum absolute atomic E-state index is 13.4. The van der Waals surface area contributed by atoms with Gasteiger partial charge in [0.1, 0.15) is 6.10 Å². The molecule has 1 saturated carbocycles. The fourth-order valence-corrected chi connectivity index (χ4v) is 5.51. The number of nitrogen functional groups attached to an aromatic ring is 1. The van der Waals surface area contributed by atoms with Crippen LogP contribution >= 0.6 is 23.2 Å². The van der Waals surface area contributed by atoms with Crippen molar-refractivity contribution in [2.45, 2.75) is 50.7 Å². The number of nitrogens with one attached hydrogen (secondary N) is 1. The number of anilines is 1. The zero-order valence-corrected chi connectivity index (χ0v) is 20.6. The number of likely N-dealkylation sites (tertiary alicyclic amines) is 1. The highest BCUT2D eigenvalue weighted by Gasteiger charge is 2.42. The van der Waals surface area contributed by atoms with Crippen molar-refractivity contribution in [3.05, 3.63) is 52.1 Å². The molecule has 33 heavy (non-hydrogen) atoms. The van der Waals surface area contributed by atoms with Gasteiger partial charge in [-0.2, -0.15) is 0 Å². The number of rotatable bonds is 6. The monoisotopic (exact) mass is 490 g/mol. The Morgan fingerprint density at radius 3 is 2.55 bits per heavy atom. The maximum Gasteiger partial charge on any atom is 0.225 e. The van der Waals surface area contributed by atoms with Crippen molar-refractivity contribution < 1.29 is 9.53 Å². The molecule has 1 aliphatic heterocycles. The number of hydrogen-bond donors (Lipinski definition) is 2. The van der Waals surface area contributed by atoms with E-state index in [1.165, 1.54) is 0 Å². The van der Waals surface area contributed by atoms with E-state index in [0.29, 0.717) is 40.7 Å². The standard InChI is InChI=1S/C25H32Cl2N4O2/c1-15(33-24-10-6-18(28)12-30-24)20-13-31(25(32)16-3-7-19(29-2)8-4-16)14-21(20)17-5-9-22(26)23(27)11-17/h5-6,9-12,15-16,19-21,29H,3-4,7-8,13-14,28H2,1-2H3/t15-,16?,19?,20+,21+/m0/s1. The van der Waals surface area contributed by atoms with Crippen LogP contribution in [0.25, 0.3) is 0 Å². The summed E-state index contributed by atoms with van der Waals surface area (Å²) in [5.74, 6) is 1.08. The van der Waals surface area contributed by atoms with Crippen LogP contribution in [0.15, 0.2) is 36.5 Å². The van der Waals surface area contributed by atoms with E-state index in [4.69, 9.17) is 33.7 Å². The van der Waals surface area contributed by atoms with Crippen molar-refractivity contribution in [2.75, 3.05) is 25.9 Å². The molecule has 0 spiro atoms. The molecule has 3 atom stereocenters. The van der Waals surface area contributed by atoms with Gasteiger partial charge in [0.25, 0.3) is 0 Å². The molecule has 8 heteroatoms. The number of benzene rings is 1. The van der Waals surface area contributed by atoms with Gasteiger partial charge in [-0.15, -0.1) is 0 Å². The molecule has 0 bridgehead atoms. The van der Waals surface area contributed by atoms with Gasteiger partial charge >= 0.3 is 0 Å². The first-order valence-corrected chi connectivity index (χ1v) is 12.4. The molecular formula is C25H32Cl2N4O2. The van der Waals surface area contributed by atoms with Crippen molar-refractivity contribution >= 4 is 34.8 Å². The van der Waals surface area contributed by atoms with E-state index in [0.717, 1.165) is 31.2 Å². The van der Waals surface area contributed by atoms with Crippen molar-refractivity contribution in [3.63, 3.8) is 0 Å². The van der Waals surface area contributed by atoms with Gasteiger partial charge in [-0.25, -0.2) is 4.98 Å². The number of hydrogen-bond acceptors (Lipinski definition) is 5. The minimum absolute atomic E-state index is 0.0952. The lowest BCUT2D eigenvalue weighted by Crippen LogP contribution is -2.39. The fraction of sp³-hybridized carbons (Fsp3) is 0.520. The van der Waals surface area contributed by atoms with Crippen LogP contribution in [0.4, 0.5) is 5.69 Å². The Bertz CT molecular complexity index is 963. The summed E-state index contributed by atoms with van der Waals surface area (Å²) in [5.41, 5.74) is 7.42. The Hall–Kier alpha value is -2.02. The second-order valence-electron chi connectivity index (χ2n) is 9.28. The Morgan fingerprint density at radius 1 is 1.15 bits per heavy atom. The molecule has 2 aliphatic rings. The smallest absolute Gasteiger partial charge is 0.225 e. The van der Waals surface area contributed by atoms with Gasteiger partial charge < -0.3 is 20.7 Å². The highest BCUT2D eigenvalue weighted by Crippen LogP contribution is 2.39. The molecule has 1 aliphatic carbocycles. The minimum Gasteiger partial charge on any atom is -0.474 e. The molecular weight excluding hydrogens is 459 g/mol. The zero-order valence-electron chi connectivity index (χ0n) is 19.1. The normalized spacial score (nSPS) is 26.2. The molecule has 1 aromatic heterocycles. The summed E-state index contributed by atoms with van der Waals surface area (Å²) in [7, 11) is 2.00. The van der Waals surface area contributed by atoms with Crippen molar-refractivity contribution in [1.29, 1.82) is 0 Å². The first-order chi connectivity index (χ1) is 15.9. The third-order valence-corrected chi connectivity index (χ3v) is 7.94. The summed E-state index contributed by atoms with van der Waals surface area (Å²) >= 11 is 12.5. The molecule has 2 fully saturated rings. The second kappa shape index (κ2) is 10.5. The molecule has 0 radical (unpaired) electrons. The van der Waals surface area contributed by atoms with E-state index >= 15 is 0 Å². The Morgan fingerprint density at radius 2 is 1.91 bits per heavy atom. The van der Waals surface area contributed by atoms with Crippen LogP contribution in [0.3, 0.4) is 0 Å². The molecule has 1 saturated heterocycles. The first-order valence-electron chi connectivity index (χ1n) is 11.6. The predicted octanol–water partition coefficient (Wildman–Crippen LogP) is 4.76. The van der Waals surface area contributed by atoms with E-state index in [1.807, 2.05) is 37.1 Å². The van der Waals surface area contributed by atoms with Crippen LogP contribution in [0.1, 0.15) is 44.1 Å². The van der Waals surface area contributed by atoms with Crippen molar-refractivity contribution in [3.8, 4) is 5.88 Å². The first kappa shape index (κ1) is 24.1. The molecule has 4 rings (SSSR count). The van der Waals surface area contributed by atoms with Crippen LogP contribution in [0.2, 0.25) is 10.0 Å². The van der Waals surface area contributed by atoms with Gasteiger partial charge in [0, 0.05) is 43.0 Å². The average Bonchev–Trinajstić information content (AvgIpc) is 3.27. The molecule has 0 unspecified atom stereocenters. The quantitative estimate of drug-likeness (QED) is 0.609. The summed E-state index contributed by atoms with van der Waals surface area (Å²) in [4.78, 5) is 19.8. The number of amides is 1. The molecule has 2 heterocycles. The third-order valence-electron chi connectivity index (χ3n) is 7.20. The van der Waals surface area contributed by atoms with Gasteiger partial charge in [0.05, 0.1) is 21.9 Å². The largest absolute Gasteiger partial charge is 0.474 e. The highest BCUT2D eigenvalue weighted by atomic mass is 35.5. The lowest BCUT2D eigenvalue weighted by Gasteiger charge is -2.30. The van der Waals surface area contributed by atoms with E-state index < -0.39 is 0 Å². The Labute approximate surface area is 205 Å². The van der Waals surface area contributed by atoms with Gasteiger partial charge in [-0.3, -0.25) is 4.79 Å². The van der Waals surface area contributed by atoms with Crippen molar-refractivity contribution in [1.82, 2.24) is 15.2 Å². The van der Waals surface area contributed by atoms with E-state index in [-0.39, 0.29) is 29.8 Å². The van der Waals surface area contributed by atoms with Crippen LogP contribution in [-0.4, -0.2) is 48.1 Å². The minimum atomic E-state index is -0.154. The van der Waals surface area contributed by atoms with E-state index in [1.54, 1.807) is 18.3 Å². The number of carbonyl (C=O) groups is 1. The number of halogens is 2. The summed E-state index contributed by atoms with van der Waals surface area (Å²) < 4.78 is 6.19. The number of nitrogens with two attached hydrogens (primary N) is 1. The SMILES string of the molecule is CNC1CCC(C(=O)N2C[C@H]([C@H](C)Oc3ccc(N)cn3)[C@@H](c3ccc(Cl)c(Cl)c3)C2)CC1. The molecule has 1 amide bonds. The number of ether oxygens (including phenoxy) is 1. The van der Waals surface area contributed by atoms with E-state index in [9.17, 15) is 4.79 Å². The average molecular weight is 491 g/mol. The van der Waals surface area contributed by atoms with Gasteiger partial charge in [-0.1, -0.05) is 29.3 Å². The summed E-state index contributed by atoms with van der Waals surface area (Å²) in [5, 5.41) is 4.39. The fourth-order valence-electron chi connectivity index (χ4n) is 5.21. The topological polar surface area (TPSA) is 80.5 Å². The molecule has 3 N–H and O–H groups in total. The Balaban J connectivity index is 1.53. The summed E-state index contributed by atoms with van der Waals surface area (Å²) in [6.45, 7) is 3.33. The van der Waals surface area contributed by atoms with Crippen LogP contribution in [0, 0.1) is 11.8 Å². The molecule has 2 aromatic rings. The number of aromatic nitrogens is 1. The number of pyridine rings is 1. The Kier molecular flexibility index (Phi) is 7.67. The second-order valence-corrected chi connectivity index (χ2v) is 10.1. The molecule has 1 aromatic carbocycles. The lowest BCUT2D eigenvalue weighted by molar-refractivity contribution is -0.135. The van der Waals surface area contributed by atoms with Gasteiger partial charge in [0.2, 0.25) is 11.8 Å². The molecule has 6 nitrogen and oxygen atoms in total. The third kappa shape index (κ3) is 5.56. The lowest BCUT2D eigenvalue weighted by atomic mass is 9.85. The van der Waals surface area contributed by atoms with E-state index in [2.05, 4.69) is 10.3 Å². The predicted molar refractivity (Wildman–Crippen MR) is 133 cm³/mol. The van der Waals surface area contributed by atoms with Crippen LogP contribution < -0.4 is 15.8 Å². The highest BCUT2D eigenvalue weighted by molar-refractivity contribution is 6.42. The summed E-state index contributed by atoms with van der Waals surface area (Å²) in [6, 6.07) is 9.82. The number of nitrogens with zero attached hydrogens (tertiary/aromatic N) is 2.